The molecule has 0 bridgehead atoms. The van der Waals surface area contributed by atoms with E-state index in [0.717, 1.165) is 49.2 Å². The smallest absolute Gasteiger partial charge is 0.250 e. The zero-order chi connectivity index (χ0) is 21.3. The van der Waals surface area contributed by atoms with Gasteiger partial charge in [-0.1, -0.05) is 74.4 Å². The van der Waals surface area contributed by atoms with Crippen LogP contribution in [0.2, 0.25) is 0 Å². The van der Waals surface area contributed by atoms with Crippen molar-refractivity contribution in [3.63, 3.8) is 0 Å². The van der Waals surface area contributed by atoms with Gasteiger partial charge in [-0.15, -0.1) is 0 Å². The highest BCUT2D eigenvalue weighted by molar-refractivity contribution is 5.95. The Balaban J connectivity index is 1.73. The van der Waals surface area contributed by atoms with Crippen LogP contribution in [-0.2, 0) is 19.4 Å². The Morgan fingerprint density at radius 1 is 0.867 bits per heavy atom. The summed E-state index contributed by atoms with van der Waals surface area (Å²) in [5, 5.41) is 0. The molecule has 3 aromatic rings. The number of primary amides is 1. The molecule has 0 aliphatic carbocycles. The van der Waals surface area contributed by atoms with Crippen molar-refractivity contribution in [2.75, 3.05) is 0 Å². The number of hydrogen-bond donors (Lipinski definition) is 1. The molecule has 3 heteroatoms. The van der Waals surface area contributed by atoms with Crippen LogP contribution in [0.15, 0.2) is 60.7 Å². The van der Waals surface area contributed by atoms with Crippen molar-refractivity contribution in [3.8, 4) is 11.3 Å². The number of carbonyl (C=O) groups excluding carboxylic acids is 1. The van der Waals surface area contributed by atoms with Crippen LogP contribution in [0, 0.1) is 6.92 Å². The van der Waals surface area contributed by atoms with Crippen molar-refractivity contribution in [2.24, 2.45) is 5.73 Å². The summed E-state index contributed by atoms with van der Waals surface area (Å²) in [4.78, 5) is 11.9. The number of aryl methyl sites for hydroxylation is 2. The first-order valence-corrected chi connectivity index (χ1v) is 11.2. The standard InChI is InChI=1S/C27H34N2O/c1-3-4-6-11-23-15-17-24(18-16-23)26-20-25(27(28)30)21(2)29(26)19-10-9-14-22-12-7-5-8-13-22/h5,7-8,12-13,15-18,20H,3-4,6,9-11,14,19H2,1-2H3,(H2,28,30). The molecule has 0 fully saturated rings. The Morgan fingerprint density at radius 3 is 2.13 bits per heavy atom. The van der Waals surface area contributed by atoms with Crippen LogP contribution in [0.25, 0.3) is 11.3 Å². The minimum absolute atomic E-state index is 0.354. The van der Waals surface area contributed by atoms with E-state index in [1.807, 2.05) is 13.0 Å². The molecule has 0 saturated heterocycles. The lowest BCUT2D eigenvalue weighted by atomic mass is 10.0. The Bertz CT molecular complexity index is 939. The molecule has 0 unspecified atom stereocenters. The van der Waals surface area contributed by atoms with Crippen molar-refractivity contribution in [1.29, 1.82) is 0 Å². The monoisotopic (exact) mass is 402 g/mol. The molecular formula is C27H34N2O. The van der Waals surface area contributed by atoms with Crippen molar-refractivity contribution in [2.45, 2.75) is 65.3 Å². The summed E-state index contributed by atoms with van der Waals surface area (Å²) >= 11 is 0. The van der Waals surface area contributed by atoms with E-state index in [2.05, 4.69) is 66.1 Å². The highest BCUT2D eigenvalue weighted by atomic mass is 16.1. The van der Waals surface area contributed by atoms with Gasteiger partial charge in [-0.05, 0) is 61.8 Å². The third-order valence-corrected chi connectivity index (χ3v) is 5.89. The average molecular weight is 403 g/mol. The van der Waals surface area contributed by atoms with Gasteiger partial charge in [0.2, 0.25) is 0 Å². The van der Waals surface area contributed by atoms with Crippen LogP contribution in [0.5, 0.6) is 0 Å². The minimum Gasteiger partial charge on any atom is -0.366 e. The van der Waals surface area contributed by atoms with Gasteiger partial charge in [0.05, 0.1) is 5.56 Å². The number of rotatable bonds is 11. The summed E-state index contributed by atoms with van der Waals surface area (Å²) in [7, 11) is 0. The topological polar surface area (TPSA) is 48.0 Å². The van der Waals surface area contributed by atoms with Crippen molar-refractivity contribution < 1.29 is 4.79 Å². The van der Waals surface area contributed by atoms with E-state index in [9.17, 15) is 4.79 Å². The van der Waals surface area contributed by atoms with Gasteiger partial charge in [0.15, 0.2) is 0 Å². The molecule has 0 spiro atoms. The molecule has 3 nitrogen and oxygen atoms in total. The number of nitrogens with zero attached hydrogens (tertiary/aromatic N) is 1. The molecule has 0 atom stereocenters. The fourth-order valence-electron chi connectivity index (χ4n) is 4.09. The Hall–Kier alpha value is -2.81. The molecule has 1 amide bonds. The number of carbonyl (C=O) groups is 1. The maximum absolute atomic E-state index is 11.9. The zero-order valence-electron chi connectivity index (χ0n) is 18.4. The Kier molecular flexibility index (Phi) is 7.89. The number of amides is 1. The normalized spacial score (nSPS) is 11.0. The maximum Gasteiger partial charge on any atom is 0.250 e. The number of aromatic nitrogens is 1. The molecule has 0 saturated carbocycles. The molecule has 1 heterocycles. The third-order valence-electron chi connectivity index (χ3n) is 5.89. The number of hydrogen-bond acceptors (Lipinski definition) is 1. The zero-order valence-corrected chi connectivity index (χ0v) is 18.4. The summed E-state index contributed by atoms with van der Waals surface area (Å²) in [5.41, 5.74) is 12.2. The number of nitrogens with two attached hydrogens (primary N) is 1. The average Bonchev–Trinajstić information content (AvgIpc) is 3.09. The molecule has 3 rings (SSSR count). The third kappa shape index (κ3) is 5.63. The molecule has 0 aliphatic heterocycles. The molecule has 158 valence electrons. The molecule has 0 radical (unpaired) electrons. The van der Waals surface area contributed by atoms with Crippen LogP contribution >= 0.6 is 0 Å². The summed E-state index contributed by atoms with van der Waals surface area (Å²) in [5.74, 6) is -0.354. The van der Waals surface area contributed by atoms with E-state index < -0.39 is 0 Å². The van der Waals surface area contributed by atoms with E-state index in [1.165, 1.54) is 30.4 Å². The molecule has 1 aromatic heterocycles. The second kappa shape index (κ2) is 10.8. The van der Waals surface area contributed by atoms with Crippen molar-refractivity contribution in [3.05, 3.63) is 83.0 Å². The largest absolute Gasteiger partial charge is 0.366 e. The van der Waals surface area contributed by atoms with Crippen LogP contribution in [-0.4, -0.2) is 10.5 Å². The minimum atomic E-state index is -0.354. The van der Waals surface area contributed by atoms with E-state index in [-0.39, 0.29) is 5.91 Å². The molecule has 30 heavy (non-hydrogen) atoms. The lowest BCUT2D eigenvalue weighted by Gasteiger charge is -2.13. The van der Waals surface area contributed by atoms with E-state index >= 15 is 0 Å². The predicted molar refractivity (Wildman–Crippen MR) is 126 cm³/mol. The van der Waals surface area contributed by atoms with Crippen molar-refractivity contribution >= 4 is 5.91 Å². The first-order valence-electron chi connectivity index (χ1n) is 11.2. The van der Waals surface area contributed by atoms with Gasteiger partial charge < -0.3 is 10.3 Å². The van der Waals surface area contributed by atoms with Gasteiger partial charge in [0.1, 0.15) is 0 Å². The second-order valence-corrected chi connectivity index (χ2v) is 8.14. The van der Waals surface area contributed by atoms with E-state index in [0.29, 0.717) is 5.56 Å². The summed E-state index contributed by atoms with van der Waals surface area (Å²) < 4.78 is 2.26. The predicted octanol–water partition coefficient (Wildman–Crippen LogP) is 6.32. The van der Waals surface area contributed by atoms with Gasteiger partial charge in [-0.3, -0.25) is 4.79 Å². The molecule has 2 aromatic carbocycles. The van der Waals surface area contributed by atoms with Gasteiger partial charge in [0.25, 0.3) is 5.91 Å². The van der Waals surface area contributed by atoms with Crippen LogP contribution < -0.4 is 5.73 Å². The molecule has 0 aliphatic rings. The van der Waals surface area contributed by atoms with Crippen molar-refractivity contribution in [1.82, 2.24) is 4.57 Å². The first kappa shape index (κ1) is 21.9. The Labute approximate surface area is 180 Å². The van der Waals surface area contributed by atoms with Gasteiger partial charge in [-0.25, -0.2) is 0 Å². The quantitative estimate of drug-likeness (QED) is 0.375. The van der Waals surface area contributed by atoms with Gasteiger partial charge in [-0.2, -0.15) is 0 Å². The van der Waals surface area contributed by atoms with Crippen LogP contribution in [0.4, 0.5) is 0 Å². The lowest BCUT2D eigenvalue weighted by molar-refractivity contribution is 0.0999. The summed E-state index contributed by atoms with van der Waals surface area (Å²) in [6.07, 6.45) is 8.12. The molecular weight excluding hydrogens is 368 g/mol. The van der Waals surface area contributed by atoms with Gasteiger partial charge in [0, 0.05) is 17.9 Å². The summed E-state index contributed by atoms with van der Waals surface area (Å²) in [6.45, 7) is 5.12. The lowest BCUT2D eigenvalue weighted by Crippen LogP contribution is -2.12. The maximum atomic E-state index is 11.9. The molecule has 2 N–H and O–H groups in total. The fraction of sp³-hybridized carbons (Fsp3) is 0.370. The highest BCUT2D eigenvalue weighted by Gasteiger charge is 2.16. The van der Waals surface area contributed by atoms with Crippen LogP contribution in [0.1, 0.15) is 66.2 Å². The Morgan fingerprint density at radius 2 is 1.50 bits per heavy atom. The van der Waals surface area contributed by atoms with E-state index in [4.69, 9.17) is 5.73 Å². The SMILES string of the molecule is CCCCCc1ccc(-c2cc(C(N)=O)c(C)n2CCCCc2ccccc2)cc1. The highest BCUT2D eigenvalue weighted by Crippen LogP contribution is 2.27. The number of benzene rings is 2. The number of unbranched alkanes of at least 4 members (excludes halogenated alkanes) is 3. The van der Waals surface area contributed by atoms with Gasteiger partial charge >= 0.3 is 0 Å². The van der Waals surface area contributed by atoms with E-state index in [1.54, 1.807) is 0 Å². The van der Waals surface area contributed by atoms with Crippen LogP contribution in [0.3, 0.4) is 0 Å². The second-order valence-electron chi connectivity index (χ2n) is 8.14. The fourth-order valence-corrected chi connectivity index (χ4v) is 4.09. The first-order chi connectivity index (χ1) is 14.6. The summed E-state index contributed by atoms with van der Waals surface area (Å²) in [6, 6.07) is 21.4.